The Kier molecular flexibility index (Phi) is 7.44. The molecule has 0 unspecified atom stereocenters. The van der Waals surface area contributed by atoms with Crippen LogP contribution in [0, 0.1) is 20.8 Å². The Bertz CT molecular complexity index is 1060. The first-order chi connectivity index (χ1) is 14.1. The average molecular weight is 434 g/mol. The standard InChI is InChI=1S/C21H27N3O5S/c1-14-7-8-17(16(3)15(14)2)12-22-23-21(25)13-24(30(6,26)27)18-9-10-19(28-4)20(11-18)29-5/h7-12H,13H2,1-6H3,(H,23,25)/b22-12-. The molecule has 0 radical (unpaired) electrons. The molecular formula is C21H27N3O5S. The molecule has 0 aliphatic carbocycles. The molecule has 8 nitrogen and oxygen atoms in total. The van der Waals surface area contributed by atoms with Crippen LogP contribution in [0.1, 0.15) is 22.3 Å². The molecule has 1 N–H and O–H groups in total. The second-order valence-corrected chi connectivity index (χ2v) is 8.73. The van der Waals surface area contributed by atoms with Gasteiger partial charge in [0.15, 0.2) is 11.5 Å². The molecule has 2 aromatic rings. The molecule has 0 spiro atoms. The lowest BCUT2D eigenvalue weighted by molar-refractivity contribution is -0.119. The molecule has 2 rings (SSSR count). The monoisotopic (exact) mass is 433 g/mol. The summed E-state index contributed by atoms with van der Waals surface area (Å²) in [6, 6.07) is 8.50. The number of benzene rings is 2. The fraction of sp³-hybridized carbons (Fsp3) is 0.333. The molecule has 30 heavy (non-hydrogen) atoms. The Hall–Kier alpha value is -3.07. The number of ether oxygens (including phenoxy) is 2. The number of carbonyl (C=O) groups excluding carboxylic acids is 1. The molecule has 0 aromatic heterocycles. The zero-order valence-corrected chi connectivity index (χ0v) is 18.8. The van der Waals surface area contributed by atoms with Crippen LogP contribution in [-0.2, 0) is 14.8 Å². The normalized spacial score (nSPS) is 11.4. The van der Waals surface area contributed by atoms with E-state index in [9.17, 15) is 13.2 Å². The van der Waals surface area contributed by atoms with Gasteiger partial charge in [-0.2, -0.15) is 5.10 Å². The third-order valence-corrected chi connectivity index (χ3v) is 5.98. The first kappa shape index (κ1) is 23.2. The van der Waals surface area contributed by atoms with E-state index in [1.807, 2.05) is 32.9 Å². The maximum atomic E-state index is 12.4. The van der Waals surface area contributed by atoms with Crippen molar-refractivity contribution in [3.8, 4) is 11.5 Å². The van der Waals surface area contributed by atoms with Crippen molar-refractivity contribution in [3.63, 3.8) is 0 Å². The number of carbonyl (C=O) groups is 1. The maximum absolute atomic E-state index is 12.4. The Labute approximate surface area is 177 Å². The van der Waals surface area contributed by atoms with E-state index in [0.717, 1.165) is 27.3 Å². The topological polar surface area (TPSA) is 97.3 Å². The van der Waals surface area contributed by atoms with Gasteiger partial charge in [-0.05, 0) is 55.2 Å². The molecule has 1 amide bonds. The molecule has 162 valence electrons. The largest absolute Gasteiger partial charge is 0.493 e. The molecular weight excluding hydrogens is 406 g/mol. The van der Waals surface area contributed by atoms with E-state index in [1.54, 1.807) is 12.3 Å². The summed E-state index contributed by atoms with van der Waals surface area (Å²) in [5, 5.41) is 3.97. The van der Waals surface area contributed by atoms with Gasteiger partial charge in [-0.15, -0.1) is 0 Å². The summed E-state index contributed by atoms with van der Waals surface area (Å²) < 4.78 is 35.9. The van der Waals surface area contributed by atoms with Crippen molar-refractivity contribution in [3.05, 3.63) is 52.6 Å². The summed E-state index contributed by atoms with van der Waals surface area (Å²) in [6.45, 7) is 5.60. The van der Waals surface area contributed by atoms with Crippen LogP contribution in [0.4, 0.5) is 5.69 Å². The number of nitrogens with one attached hydrogen (secondary N) is 1. The van der Waals surface area contributed by atoms with Gasteiger partial charge < -0.3 is 9.47 Å². The maximum Gasteiger partial charge on any atom is 0.260 e. The number of hydrogen-bond acceptors (Lipinski definition) is 6. The van der Waals surface area contributed by atoms with Crippen LogP contribution in [0.15, 0.2) is 35.4 Å². The first-order valence-corrected chi connectivity index (χ1v) is 11.0. The molecule has 0 atom stereocenters. The molecule has 2 aromatic carbocycles. The molecule has 0 bridgehead atoms. The molecule has 0 saturated heterocycles. The molecule has 0 heterocycles. The Balaban J connectivity index is 2.18. The fourth-order valence-corrected chi connectivity index (χ4v) is 3.68. The minimum absolute atomic E-state index is 0.277. The van der Waals surface area contributed by atoms with Crippen LogP contribution in [0.25, 0.3) is 0 Å². The molecule has 9 heteroatoms. The van der Waals surface area contributed by atoms with Crippen molar-refractivity contribution in [2.45, 2.75) is 20.8 Å². The first-order valence-electron chi connectivity index (χ1n) is 9.17. The summed E-state index contributed by atoms with van der Waals surface area (Å²) in [6.07, 6.45) is 2.57. The van der Waals surface area contributed by atoms with Gasteiger partial charge in [0.05, 0.1) is 32.4 Å². The summed E-state index contributed by atoms with van der Waals surface area (Å²) in [5.74, 6) is 0.229. The van der Waals surface area contributed by atoms with Crippen LogP contribution in [0.2, 0.25) is 0 Å². The smallest absolute Gasteiger partial charge is 0.260 e. The van der Waals surface area contributed by atoms with Gasteiger partial charge in [0.25, 0.3) is 5.91 Å². The van der Waals surface area contributed by atoms with Gasteiger partial charge in [-0.3, -0.25) is 9.10 Å². The van der Waals surface area contributed by atoms with Gasteiger partial charge in [0.1, 0.15) is 6.54 Å². The van der Waals surface area contributed by atoms with Crippen molar-refractivity contribution >= 4 is 27.8 Å². The summed E-state index contributed by atoms with van der Waals surface area (Å²) in [7, 11) is -0.800. The number of nitrogens with zero attached hydrogens (tertiary/aromatic N) is 2. The zero-order chi connectivity index (χ0) is 22.5. The van der Waals surface area contributed by atoms with Crippen LogP contribution >= 0.6 is 0 Å². The predicted molar refractivity (Wildman–Crippen MR) is 118 cm³/mol. The van der Waals surface area contributed by atoms with Crippen LogP contribution in [-0.4, -0.2) is 47.6 Å². The minimum Gasteiger partial charge on any atom is -0.493 e. The van der Waals surface area contributed by atoms with E-state index in [2.05, 4.69) is 10.5 Å². The quantitative estimate of drug-likeness (QED) is 0.510. The second kappa shape index (κ2) is 9.62. The molecule has 0 aliphatic rings. The van der Waals surface area contributed by atoms with Gasteiger partial charge in [-0.25, -0.2) is 13.8 Å². The highest BCUT2D eigenvalue weighted by Gasteiger charge is 2.22. The third kappa shape index (κ3) is 5.50. The number of anilines is 1. The van der Waals surface area contributed by atoms with Crippen molar-refractivity contribution in [1.82, 2.24) is 5.43 Å². The van der Waals surface area contributed by atoms with Gasteiger partial charge in [0, 0.05) is 6.07 Å². The van der Waals surface area contributed by atoms with Crippen molar-refractivity contribution in [2.24, 2.45) is 5.10 Å². The number of hydrogen-bond donors (Lipinski definition) is 1. The summed E-state index contributed by atoms with van der Waals surface area (Å²) in [4.78, 5) is 12.4. The van der Waals surface area contributed by atoms with Crippen LogP contribution in [0.3, 0.4) is 0 Å². The Morgan fingerprint density at radius 2 is 1.73 bits per heavy atom. The van der Waals surface area contributed by atoms with Crippen LogP contribution in [0.5, 0.6) is 11.5 Å². The van der Waals surface area contributed by atoms with E-state index >= 15 is 0 Å². The van der Waals surface area contributed by atoms with Crippen LogP contribution < -0.4 is 19.2 Å². The van der Waals surface area contributed by atoms with Crippen molar-refractivity contribution in [1.29, 1.82) is 0 Å². The number of aryl methyl sites for hydroxylation is 1. The Morgan fingerprint density at radius 3 is 2.33 bits per heavy atom. The van der Waals surface area contributed by atoms with Crippen molar-refractivity contribution < 1.29 is 22.7 Å². The summed E-state index contributed by atoms with van der Waals surface area (Å²) in [5.41, 5.74) is 6.93. The number of sulfonamides is 1. The lowest BCUT2D eigenvalue weighted by atomic mass is 10.00. The van der Waals surface area contributed by atoms with E-state index in [0.29, 0.717) is 11.5 Å². The molecule has 0 fully saturated rings. The lowest BCUT2D eigenvalue weighted by Crippen LogP contribution is -2.39. The van der Waals surface area contributed by atoms with Gasteiger partial charge >= 0.3 is 0 Å². The van der Waals surface area contributed by atoms with E-state index in [4.69, 9.17) is 9.47 Å². The number of methoxy groups -OCH3 is 2. The Morgan fingerprint density at radius 1 is 1.07 bits per heavy atom. The van der Waals surface area contributed by atoms with E-state index in [1.165, 1.54) is 31.9 Å². The lowest BCUT2D eigenvalue weighted by Gasteiger charge is -2.22. The minimum atomic E-state index is -3.73. The van der Waals surface area contributed by atoms with Gasteiger partial charge in [-0.1, -0.05) is 12.1 Å². The highest BCUT2D eigenvalue weighted by Crippen LogP contribution is 2.32. The highest BCUT2D eigenvalue weighted by atomic mass is 32.2. The number of rotatable bonds is 8. The summed E-state index contributed by atoms with van der Waals surface area (Å²) >= 11 is 0. The third-order valence-electron chi connectivity index (χ3n) is 4.84. The second-order valence-electron chi connectivity index (χ2n) is 6.82. The van der Waals surface area contributed by atoms with Crippen molar-refractivity contribution in [2.75, 3.05) is 31.3 Å². The van der Waals surface area contributed by atoms with E-state index in [-0.39, 0.29) is 5.69 Å². The average Bonchev–Trinajstić information content (AvgIpc) is 2.70. The predicted octanol–water partition coefficient (Wildman–Crippen LogP) is 2.55. The molecule has 0 aliphatic heterocycles. The zero-order valence-electron chi connectivity index (χ0n) is 18.0. The molecule has 0 saturated carbocycles. The number of amides is 1. The van der Waals surface area contributed by atoms with E-state index < -0.39 is 22.5 Å². The fourth-order valence-electron chi connectivity index (χ4n) is 2.84. The SMILES string of the molecule is COc1ccc(N(CC(=O)N/N=C\c2ccc(C)c(C)c2C)S(C)(=O)=O)cc1OC. The number of hydrazone groups is 1. The highest BCUT2D eigenvalue weighted by molar-refractivity contribution is 7.92. The van der Waals surface area contributed by atoms with Gasteiger partial charge in [0.2, 0.25) is 10.0 Å².